The molecule has 0 bridgehead atoms. The van der Waals surface area contributed by atoms with Crippen molar-refractivity contribution in [2.24, 2.45) is 0 Å². The van der Waals surface area contributed by atoms with Gasteiger partial charge in [-0.05, 0) is 43.4 Å². The minimum absolute atomic E-state index is 0.00149. The number of anilines is 2. The van der Waals surface area contributed by atoms with Gasteiger partial charge in [0.15, 0.2) is 17.3 Å². The SMILES string of the molecule is CN(C)C(=O)c1nn2c(c1Cl)CN(c1nc(OC[C@@]34CCCN3CC(F)C4)nc(N3CC4(C3)c3ccccc3CCC4(F)F)c1C#N)CCC2. The average Bonchev–Trinajstić information content (AvgIpc) is 3.64. The Balaban J connectivity index is 1.18. The molecule has 11 nitrogen and oxygen atoms in total. The first-order valence-electron chi connectivity index (χ1n) is 17.2. The first-order valence-corrected chi connectivity index (χ1v) is 17.6. The number of fused-ring (bicyclic) bond motifs is 4. The molecule has 1 aliphatic carbocycles. The van der Waals surface area contributed by atoms with Gasteiger partial charge in [0.1, 0.15) is 24.4 Å². The number of carbonyl (C=O) groups is 1. The number of hydrogen-bond donors (Lipinski definition) is 0. The molecule has 1 unspecified atom stereocenters. The zero-order chi connectivity index (χ0) is 35.0. The fourth-order valence-corrected chi connectivity index (χ4v) is 9.06. The lowest BCUT2D eigenvalue weighted by molar-refractivity contribution is -0.104. The van der Waals surface area contributed by atoms with Gasteiger partial charge in [-0.15, -0.1) is 0 Å². The third-order valence-corrected chi connectivity index (χ3v) is 11.8. The lowest BCUT2D eigenvalue weighted by Crippen LogP contribution is -2.69. The summed E-state index contributed by atoms with van der Waals surface area (Å²) in [6.07, 6.45) is 1.79. The lowest BCUT2D eigenvalue weighted by atomic mass is 9.62. The van der Waals surface area contributed by atoms with Crippen LogP contribution in [0.1, 0.15) is 65.0 Å². The van der Waals surface area contributed by atoms with E-state index >= 15 is 8.78 Å². The van der Waals surface area contributed by atoms with E-state index in [1.54, 1.807) is 35.8 Å². The highest BCUT2D eigenvalue weighted by Crippen LogP contribution is 2.54. The highest BCUT2D eigenvalue weighted by molar-refractivity contribution is 6.34. The molecule has 6 heterocycles. The Bertz CT molecular complexity index is 1890. The van der Waals surface area contributed by atoms with Gasteiger partial charge in [0.05, 0.1) is 28.2 Å². The molecular formula is C35H39ClF3N9O2. The standard InChI is InChI=1S/C35H39ClF3N9O2/c1-44(2)31(49)28-27(36)26-18-45(12-6-14-48(26)43-28)29-24(16-40)30(42-32(41-29)50-21-33-10-5-13-47(33)17-23(37)15-33)46-19-34(20-46)25-8-4-3-7-22(25)9-11-35(34,38)39/h3-4,7-8,23H,5-6,9-15,17-21H2,1-2H3/t23?,33-/m0/s1. The molecule has 5 aliphatic rings. The zero-order valence-electron chi connectivity index (χ0n) is 28.1. The van der Waals surface area contributed by atoms with Gasteiger partial charge < -0.3 is 19.4 Å². The van der Waals surface area contributed by atoms with Crippen molar-refractivity contribution in [3.63, 3.8) is 0 Å². The molecule has 0 radical (unpaired) electrons. The van der Waals surface area contributed by atoms with E-state index in [0.29, 0.717) is 50.2 Å². The van der Waals surface area contributed by atoms with Crippen LogP contribution in [-0.4, -0.2) is 107 Å². The van der Waals surface area contributed by atoms with E-state index in [2.05, 4.69) is 16.1 Å². The lowest BCUT2D eigenvalue weighted by Gasteiger charge is -2.56. The predicted molar refractivity (Wildman–Crippen MR) is 180 cm³/mol. The molecule has 1 amide bonds. The summed E-state index contributed by atoms with van der Waals surface area (Å²) in [6.45, 7) is 2.41. The normalized spacial score (nSPS) is 24.9. The molecule has 1 aromatic carbocycles. The van der Waals surface area contributed by atoms with Crippen molar-refractivity contribution >= 4 is 29.1 Å². The highest BCUT2D eigenvalue weighted by atomic mass is 35.5. The van der Waals surface area contributed by atoms with Crippen LogP contribution in [0.3, 0.4) is 0 Å². The van der Waals surface area contributed by atoms with Gasteiger partial charge in [-0.3, -0.25) is 14.4 Å². The molecule has 8 rings (SSSR count). The van der Waals surface area contributed by atoms with Crippen LogP contribution in [0, 0.1) is 11.3 Å². The van der Waals surface area contributed by atoms with Crippen LogP contribution >= 0.6 is 11.6 Å². The molecule has 15 heteroatoms. The highest BCUT2D eigenvalue weighted by Gasteiger charge is 2.64. The summed E-state index contributed by atoms with van der Waals surface area (Å²) in [5, 5.41) is 15.4. The fourth-order valence-electron chi connectivity index (χ4n) is 8.79. The van der Waals surface area contributed by atoms with E-state index in [-0.39, 0.29) is 72.5 Å². The number of aromatic nitrogens is 4. The molecule has 3 fully saturated rings. The second-order valence-electron chi connectivity index (χ2n) is 14.6. The summed E-state index contributed by atoms with van der Waals surface area (Å²) in [4.78, 5) is 29.5. The summed E-state index contributed by atoms with van der Waals surface area (Å²) in [7, 11) is 3.26. The molecule has 3 aromatic rings. The number of halogens is 4. The topological polar surface area (TPSA) is 107 Å². The molecule has 3 saturated heterocycles. The number of alkyl halides is 3. The molecule has 0 saturated carbocycles. The van der Waals surface area contributed by atoms with Crippen molar-refractivity contribution in [1.82, 2.24) is 29.5 Å². The maximum absolute atomic E-state index is 15.8. The molecule has 2 aromatic heterocycles. The van der Waals surface area contributed by atoms with E-state index < -0.39 is 23.0 Å². The van der Waals surface area contributed by atoms with Gasteiger partial charge in [0, 0.05) is 59.7 Å². The van der Waals surface area contributed by atoms with Crippen LogP contribution in [0.15, 0.2) is 24.3 Å². The van der Waals surface area contributed by atoms with E-state index in [1.165, 1.54) is 4.90 Å². The van der Waals surface area contributed by atoms with Crippen LogP contribution in [0.4, 0.5) is 24.8 Å². The predicted octanol–water partition coefficient (Wildman–Crippen LogP) is 4.60. The molecule has 0 N–H and O–H groups in total. The van der Waals surface area contributed by atoms with E-state index in [1.807, 2.05) is 17.0 Å². The van der Waals surface area contributed by atoms with Crippen molar-refractivity contribution in [3.8, 4) is 12.1 Å². The Labute approximate surface area is 293 Å². The number of benzene rings is 1. The second kappa shape index (κ2) is 12.0. The molecule has 264 valence electrons. The van der Waals surface area contributed by atoms with Crippen molar-refractivity contribution in [1.29, 1.82) is 5.26 Å². The number of ether oxygens (including phenoxy) is 1. The Morgan fingerprint density at radius 1 is 1.10 bits per heavy atom. The largest absolute Gasteiger partial charge is 0.461 e. The molecule has 4 aliphatic heterocycles. The number of hydrogen-bond acceptors (Lipinski definition) is 9. The average molecular weight is 710 g/mol. The third kappa shape index (κ3) is 5.10. The Morgan fingerprint density at radius 3 is 2.62 bits per heavy atom. The zero-order valence-corrected chi connectivity index (χ0v) is 28.9. The summed E-state index contributed by atoms with van der Waals surface area (Å²) in [6, 6.07) is 9.65. The molecular weight excluding hydrogens is 671 g/mol. The fraction of sp³-hybridized carbons (Fsp3) is 0.571. The Hall–Kier alpha value is -4.09. The smallest absolute Gasteiger partial charge is 0.320 e. The number of nitriles is 1. The quantitative estimate of drug-likeness (QED) is 0.363. The summed E-state index contributed by atoms with van der Waals surface area (Å²) >= 11 is 6.77. The minimum Gasteiger partial charge on any atom is -0.461 e. The number of carbonyl (C=O) groups excluding carboxylic acids is 1. The van der Waals surface area contributed by atoms with Crippen molar-refractivity contribution in [2.75, 3.05) is 63.2 Å². The Kier molecular flexibility index (Phi) is 7.95. The number of aryl methyl sites for hydroxylation is 2. The summed E-state index contributed by atoms with van der Waals surface area (Å²) < 4.78 is 54.3. The second-order valence-corrected chi connectivity index (χ2v) is 15.0. The van der Waals surface area contributed by atoms with Gasteiger partial charge in [-0.2, -0.15) is 20.3 Å². The number of nitrogens with zero attached hydrogens (tertiary/aromatic N) is 9. The molecule has 2 atom stereocenters. The minimum atomic E-state index is -2.95. The van der Waals surface area contributed by atoms with Crippen LogP contribution < -0.4 is 14.5 Å². The van der Waals surface area contributed by atoms with Gasteiger partial charge >= 0.3 is 6.01 Å². The van der Waals surface area contributed by atoms with E-state index in [4.69, 9.17) is 26.3 Å². The van der Waals surface area contributed by atoms with Gasteiger partial charge in [-0.1, -0.05) is 35.9 Å². The van der Waals surface area contributed by atoms with Gasteiger partial charge in [0.2, 0.25) is 0 Å². The van der Waals surface area contributed by atoms with Gasteiger partial charge in [-0.25, -0.2) is 13.2 Å². The number of rotatable bonds is 6. The molecule has 50 heavy (non-hydrogen) atoms. The third-order valence-electron chi connectivity index (χ3n) is 11.4. The summed E-state index contributed by atoms with van der Waals surface area (Å²) in [5.41, 5.74) is 0.549. The first kappa shape index (κ1) is 33.1. The van der Waals surface area contributed by atoms with Crippen molar-refractivity contribution < 1.29 is 22.7 Å². The van der Waals surface area contributed by atoms with E-state index in [9.17, 15) is 14.4 Å². The number of amides is 1. The van der Waals surface area contributed by atoms with Crippen LogP contribution in [0.5, 0.6) is 6.01 Å². The maximum atomic E-state index is 15.8. The summed E-state index contributed by atoms with van der Waals surface area (Å²) in [5.74, 6) is -2.76. The maximum Gasteiger partial charge on any atom is 0.320 e. The van der Waals surface area contributed by atoms with E-state index in [0.717, 1.165) is 24.9 Å². The first-order chi connectivity index (χ1) is 23.9. The van der Waals surface area contributed by atoms with Gasteiger partial charge in [0.25, 0.3) is 11.8 Å². The van der Waals surface area contributed by atoms with Crippen molar-refractivity contribution in [2.45, 2.75) is 74.7 Å². The molecule has 1 spiro atoms. The Morgan fingerprint density at radius 2 is 1.86 bits per heavy atom. The van der Waals surface area contributed by atoms with Crippen LogP contribution in [0.2, 0.25) is 5.02 Å². The monoisotopic (exact) mass is 709 g/mol. The van der Waals surface area contributed by atoms with Crippen LogP contribution in [-0.2, 0) is 24.9 Å². The van der Waals surface area contributed by atoms with Crippen molar-refractivity contribution in [3.05, 3.63) is 57.4 Å². The van der Waals surface area contributed by atoms with Crippen LogP contribution in [0.25, 0.3) is 0 Å².